The summed E-state index contributed by atoms with van der Waals surface area (Å²) in [5.74, 6) is -0.288. The maximum absolute atomic E-state index is 9.93. The summed E-state index contributed by atoms with van der Waals surface area (Å²) < 4.78 is 0. The minimum absolute atomic E-state index is 0.0643. The third-order valence-electron chi connectivity index (χ3n) is 1.39. The molecule has 4 N–H and O–H groups in total. The third-order valence-corrected chi connectivity index (χ3v) is 1.71. The second-order valence-electron chi connectivity index (χ2n) is 2.33. The molecule has 0 amide bonds. The monoisotopic (exact) mass is 198 g/mol. The Morgan fingerprint density at radius 3 is 2.00 bits per heavy atom. The van der Waals surface area contributed by atoms with E-state index in [9.17, 15) is 4.79 Å². The molecular formula is C6H11ClO5. The number of rotatable bonds is 5. The van der Waals surface area contributed by atoms with E-state index in [1.165, 1.54) is 0 Å². The predicted molar refractivity (Wildman–Crippen MR) is 40.8 cm³/mol. The normalized spacial score (nSPS) is 21.1. The molecule has 0 fully saturated rings. The zero-order chi connectivity index (χ0) is 9.72. The van der Waals surface area contributed by atoms with Crippen molar-refractivity contribution < 1.29 is 25.2 Å². The Labute approximate surface area is 74.2 Å². The van der Waals surface area contributed by atoms with Gasteiger partial charge in [-0.25, -0.2) is 0 Å². The highest BCUT2D eigenvalue weighted by atomic mass is 35.5. The van der Waals surface area contributed by atoms with Gasteiger partial charge in [0, 0.05) is 0 Å². The fourth-order valence-electron chi connectivity index (χ4n) is 0.601. The van der Waals surface area contributed by atoms with Gasteiger partial charge in [0.05, 0.1) is 12.0 Å². The Hall–Kier alpha value is -0.200. The van der Waals surface area contributed by atoms with Crippen molar-refractivity contribution in [1.82, 2.24) is 0 Å². The number of halogens is 1. The van der Waals surface area contributed by atoms with Crippen LogP contribution >= 0.6 is 11.6 Å². The Kier molecular flexibility index (Phi) is 5.36. The van der Waals surface area contributed by atoms with Gasteiger partial charge in [0.25, 0.3) is 0 Å². The van der Waals surface area contributed by atoms with Crippen LogP contribution in [0.2, 0.25) is 0 Å². The molecule has 0 heterocycles. The zero-order valence-electron chi connectivity index (χ0n) is 6.17. The van der Waals surface area contributed by atoms with E-state index in [2.05, 4.69) is 0 Å². The lowest BCUT2D eigenvalue weighted by atomic mass is 10.1. The number of carbonyl (C=O) groups excluding carboxylic acids is 1. The quantitative estimate of drug-likeness (QED) is 0.299. The van der Waals surface area contributed by atoms with E-state index in [1.807, 2.05) is 0 Å². The van der Waals surface area contributed by atoms with E-state index in [-0.39, 0.29) is 12.2 Å². The fraction of sp³-hybridized carbons (Fsp3) is 0.833. The largest absolute Gasteiger partial charge is 0.389 e. The average molecular weight is 199 g/mol. The van der Waals surface area contributed by atoms with E-state index in [1.54, 1.807) is 0 Å². The van der Waals surface area contributed by atoms with Crippen LogP contribution in [0.3, 0.4) is 0 Å². The molecule has 0 aliphatic heterocycles. The van der Waals surface area contributed by atoms with E-state index in [4.69, 9.17) is 32.0 Å². The van der Waals surface area contributed by atoms with Gasteiger partial charge >= 0.3 is 0 Å². The van der Waals surface area contributed by atoms with Gasteiger partial charge < -0.3 is 25.2 Å². The van der Waals surface area contributed by atoms with Crippen molar-refractivity contribution in [3.8, 4) is 0 Å². The third kappa shape index (κ3) is 3.04. The lowest BCUT2D eigenvalue weighted by Gasteiger charge is -2.22. The molecule has 0 rings (SSSR count). The SMILES string of the molecule is O=C[C@H](O)[C@H](O)[C@H](O)[C@H](O)CCl. The molecule has 0 spiro atoms. The zero-order valence-corrected chi connectivity index (χ0v) is 6.92. The Balaban J connectivity index is 4.07. The first kappa shape index (κ1) is 11.8. The summed E-state index contributed by atoms with van der Waals surface area (Å²) in [6.45, 7) is 0. The highest BCUT2D eigenvalue weighted by molar-refractivity contribution is 6.18. The molecule has 0 saturated carbocycles. The van der Waals surface area contributed by atoms with E-state index in [0.717, 1.165) is 0 Å². The maximum atomic E-state index is 9.93. The van der Waals surface area contributed by atoms with Gasteiger partial charge in [0.1, 0.15) is 18.3 Å². The van der Waals surface area contributed by atoms with Crippen molar-refractivity contribution in [2.24, 2.45) is 0 Å². The van der Waals surface area contributed by atoms with Crippen molar-refractivity contribution in [1.29, 1.82) is 0 Å². The number of aliphatic hydroxyl groups is 4. The number of aldehydes is 1. The van der Waals surface area contributed by atoms with Gasteiger partial charge in [0.2, 0.25) is 0 Å². The van der Waals surface area contributed by atoms with Crippen LogP contribution in [-0.4, -0.2) is 57.0 Å². The summed E-state index contributed by atoms with van der Waals surface area (Å²) in [6.07, 6.45) is -6.34. The summed E-state index contributed by atoms with van der Waals surface area (Å²) in [4.78, 5) is 9.93. The Morgan fingerprint density at radius 2 is 1.67 bits per heavy atom. The van der Waals surface area contributed by atoms with Crippen molar-refractivity contribution in [2.45, 2.75) is 24.4 Å². The molecule has 0 saturated heterocycles. The fourth-order valence-corrected chi connectivity index (χ4v) is 0.784. The first-order chi connectivity index (χ1) is 5.54. The topological polar surface area (TPSA) is 98.0 Å². The molecule has 0 aliphatic carbocycles. The lowest BCUT2D eigenvalue weighted by molar-refractivity contribution is -0.132. The van der Waals surface area contributed by atoms with Gasteiger partial charge in [-0.1, -0.05) is 0 Å². The van der Waals surface area contributed by atoms with Gasteiger partial charge in [-0.3, -0.25) is 0 Å². The molecule has 0 aromatic heterocycles. The van der Waals surface area contributed by atoms with Crippen LogP contribution in [-0.2, 0) is 4.79 Å². The van der Waals surface area contributed by atoms with E-state index < -0.39 is 24.4 Å². The van der Waals surface area contributed by atoms with E-state index >= 15 is 0 Å². The average Bonchev–Trinajstić information content (AvgIpc) is 2.12. The highest BCUT2D eigenvalue weighted by Gasteiger charge is 2.29. The molecule has 0 unspecified atom stereocenters. The predicted octanol–water partition coefficient (Wildman–Crippen LogP) is -2.13. The second-order valence-corrected chi connectivity index (χ2v) is 2.64. The van der Waals surface area contributed by atoms with Crippen LogP contribution in [0.4, 0.5) is 0 Å². The molecule has 4 atom stereocenters. The Morgan fingerprint density at radius 1 is 1.17 bits per heavy atom. The number of aliphatic hydroxyl groups excluding tert-OH is 4. The number of hydrogen-bond acceptors (Lipinski definition) is 5. The number of alkyl halides is 1. The summed E-state index contributed by atoms with van der Waals surface area (Å²) in [7, 11) is 0. The molecule has 0 radical (unpaired) electrons. The molecular weight excluding hydrogens is 188 g/mol. The minimum atomic E-state index is -1.71. The molecule has 12 heavy (non-hydrogen) atoms. The molecule has 72 valence electrons. The first-order valence-electron chi connectivity index (χ1n) is 3.28. The van der Waals surface area contributed by atoms with E-state index in [0.29, 0.717) is 0 Å². The minimum Gasteiger partial charge on any atom is -0.389 e. The first-order valence-corrected chi connectivity index (χ1v) is 3.81. The van der Waals surface area contributed by atoms with Crippen LogP contribution in [0, 0.1) is 0 Å². The smallest absolute Gasteiger partial charge is 0.151 e. The molecule has 0 aromatic rings. The molecule has 0 aliphatic rings. The van der Waals surface area contributed by atoms with Crippen molar-refractivity contribution >= 4 is 17.9 Å². The molecule has 6 heteroatoms. The molecule has 5 nitrogen and oxygen atoms in total. The summed E-state index contributed by atoms with van der Waals surface area (Å²) in [6, 6.07) is 0. The van der Waals surface area contributed by atoms with Crippen LogP contribution in [0.15, 0.2) is 0 Å². The maximum Gasteiger partial charge on any atom is 0.151 e. The second kappa shape index (κ2) is 5.45. The van der Waals surface area contributed by atoms with Crippen LogP contribution in [0.5, 0.6) is 0 Å². The van der Waals surface area contributed by atoms with Crippen molar-refractivity contribution in [3.63, 3.8) is 0 Å². The van der Waals surface area contributed by atoms with Gasteiger partial charge in [-0.15, -0.1) is 11.6 Å². The lowest BCUT2D eigenvalue weighted by Crippen LogP contribution is -2.45. The number of carbonyl (C=O) groups is 1. The molecule has 0 bridgehead atoms. The van der Waals surface area contributed by atoms with Crippen LogP contribution in [0.1, 0.15) is 0 Å². The van der Waals surface area contributed by atoms with Gasteiger partial charge in [0.15, 0.2) is 6.29 Å². The summed E-state index contributed by atoms with van der Waals surface area (Å²) in [5.41, 5.74) is 0. The molecule has 0 aromatic carbocycles. The highest BCUT2D eigenvalue weighted by Crippen LogP contribution is 2.04. The van der Waals surface area contributed by atoms with Gasteiger partial charge in [-0.05, 0) is 0 Å². The number of hydrogen-bond donors (Lipinski definition) is 4. The standard InChI is InChI=1S/C6H11ClO5/c7-1-3(9)5(11)6(12)4(10)2-8/h2-6,9-12H,1H2/t3-,4+,5-,6+/m1/s1. The summed E-state index contributed by atoms with van der Waals surface area (Å²) in [5, 5.41) is 35.5. The Bertz CT molecular complexity index is 142. The summed E-state index contributed by atoms with van der Waals surface area (Å²) >= 11 is 5.15. The van der Waals surface area contributed by atoms with Crippen molar-refractivity contribution in [2.75, 3.05) is 5.88 Å². The van der Waals surface area contributed by atoms with Gasteiger partial charge in [-0.2, -0.15) is 0 Å². The van der Waals surface area contributed by atoms with Crippen LogP contribution < -0.4 is 0 Å². The van der Waals surface area contributed by atoms with Crippen LogP contribution in [0.25, 0.3) is 0 Å². The van der Waals surface area contributed by atoms with Crippen molar-refractivity contribution in [3.05, 3.63) is 0 Å².